The van der Waals surface area contributed by atoms with Crippen molar-refractivity contribution >= 4 is 0 Å². The van der Waals surface area contributed by atoms with E-state index >= 15 is 0 Å². The van der Waals surface area contributed by atoms with Crippen molar-refractivity contribution in [2.45, 2.75) is 58.1 Å². The van der Waals surface area contributed by atoms with Crippen molar-refractivity contribution in [1.29, 1.82) is 0 Å². The average molecular weight is 372 g/mol. The van der Waals surface area contributed by atoms with Crippen LogP contribution in [0.1, 0.15) is 44.6 Å². The van der Waals surface area contributed by atoms with Gasteiger partial charge in [0.1, 0.15) is 5.75 Å². The topological polar surface area (TPSA) is 27.7 Å². The van der Waals surface area contributed by atoms with Crippen LogP contribution in [-0.4, -0.2) is 25.9 Å². The molecule has 0 N–H and O–H groups in total. The first kappa shape index (κ1) is 19.5. The molecule has 6 heteroatoms. The normalized spacial score (nSPS) is 30.2. The molecule has 1 aliphatic carbocycles. The third-order valence-corrected chi connectivity index (χ3v) is 5.55. The summed E-state index contributed by atoms with van der Waals surface area (Å²) in [5.41, 5.74) is 0.940. The Bertz CT molecular complexity index is 542. The highest BCUT2D eigenvalue weighted by Gasteiger charge is 2.32. The van der Waals surface area contributed by atoms with Gasteiger partial charge in [-0.1, -0.05) is 31.9 Å². The van der Waals surface area contributed by atoms with Crippen LogP contribution < -0.4 is 4.74 Å². The highest BCUT2D eigenvalue weighted by molar-refractivity contribution is 5.27. The summed E-state index contributed by atoms with van der Waals surface area (Å²) in [5, 5.41) is 0. The second kappa shape index (κ2) is 8.61. The highest BCUT2D eigenvalue weighted by atomic mass is 19.4. The molecule has 1 aromatic carbocycles. The van der Waals surface area contributed by atoms with E-state index in [-0.39, 0.29) is 12.0 Å². The van der Waals surface area contributed by atoms with E-state index in [1.807, 2.05) is 0 Å². The van der Waals surface area contributed by atoms with Crippen LogP contribution in [0.25, 0.3) is 0 Å². The molecule has 0 radical (unpaired) electrons. The molecule has 1 heterocycles. The van der Waals surface area contributed by atoms with Crippen LogP contribution in [0.5, 0.6) is 5.75 Å². The van der Waals surface area contributed by atoms with Gasteiger partial charge in [-0.25, -0.2) is 0 Å². The Labute approximate surface area is 152 Å². The molecule has 2 fully saturated rings. The van der Waals surface area contributed by atoms with Gasteiger partial charge in [-0.15, -0.1) is 13.2 Å². The second-order valence-electron chi connectivity index (χ2n) is 7.61. The van der Waals surface area contributed by atoms with Gasteiger partial charge in [0, 0.05) is 12.3 Å². The standard InChI is InChI=1S/C20H27F3O3/c1-14-2-7-16(8-3-14)17-12-24-19(25-13-17)11-6-15-4-9-18(10-5-15)26-20(21,22)23/h4-5,9-10,14,16-17,19H,2-3,6-8,11-13H2,1H3. The Morgan fingerprint density at radius 1 is 0.962 bits per heavy atom. The Morgan fingerprint density at radius 3 is 2.15 bits per heavy atom. The Balaban J connectivity index is 1.38. The number of ether oxygens (including phenoxy) is 3. The first-order valence-electron chi connectivity index (χ1n) is 9.47. The molecule has 3 rings (SSSR count). The summed E-state index contributed by atoms with van der Waals surface area (Å²) in [7, 11) is 0. The molecule has 2 aliphatic rings. The SMILES string of the molecule is CC1CCC(C2COC(CCc3ccc(OC(F)(F)F)cc3)OC2)CC1. The molecule has 0 spiro atoms. The van der Waals surface area contributed by atoms with Gasteiger partial charge in [-0.2, -0.15) is 0 Å². The molecule has 1 saturated carbocycles. The fourth-order valence-electron chi connectivity index (χ4n) is 3.90. The van der Waals surface area contributed by atoms with Crippen molar-refractivity contribution < 1.29 is 27.4 Å². The summed E-state index contributed by atoms with van der Waals surface area (Å²) in [6, 6.07) is 5.98. The van der Waals surface area contributed by atoms with E-state index in [0.29, 0.717) is 24.7 Å². The lowest BCUT2D eigenvalue weighted by Gasteiger charge is -2.37. The van der Waals surface area contributed by atoms with Crippen molar-refractivity contribution in [3.63, 3.8) is 0 Å². The maximum atomic E-state index is 12.2. The zero-order chi connectivity index (χ0) is 18.6. The molecule has 1 aliphatic heterocycles. The van der Waals surface area contributed by atoms with Gasteiger partial charge in [0.2, 0.25) is 0 Å². The average Bonchev–Trinajstić information content (AvgIpc) is 2.61. The largest absolute Gasteiger partial charge is 0.573 e. The molecule has 1 aromatic rings. The summed E-state index contributed by atoms with van der Waals surface area (Å²) < 4.78 is 52.1. The van der Waals surface area contributed by atoms with Crippen LogP contribution in [0, 0.1) is 17.8 Å². The maximum Gasteiger partial charge on any atom is 0.573 e. The van der Waals surface area contributed by atoms with E-state index in [0.717, 1.165) is 24.7 Å². The predicted molar refractivity (Wildman–Crippen MR) is 91.8 cm³/mol. The molecule has 0 aromatic heterocycles. The first-order valence-corrected chi connectivity index (χ1v) is 9.47. The van der Waals surface area contributed by atoms with E-state index in [1.54, 1.807) is 12.1 Å². The van der Waals surface area contributed by atoms with Crippen molar-refractivity contribution in [1.82, 2.24) is 0 Å². The number of aryl methyl sites for hydroxylation is 1. The van der Waals surface area contributed by atoms with Crippen LogP contribution in [0.2, 0.25) is 0 Å². The van der Waals surface area contributed by atoms with Crippen LogP contribution in [-0.2, 0) is 15.9 Å². The minimum absolute atomic E-state index is 0.198. The lowest BCUT2D eigenvalue weighted by Crippen LogP contribution is -2.37. The quantitative estimate of drug-likeness (QED) is 0.699. The summed E-state index contributed by atoms with van der Waals surface area (Å²) in [4.78, 5) is 0. The Kier molecular flexibility index (Phi) is 6.46. The summed E-state index contributed by atoms with van der Waals surface area (Å²) in [5.74, 6) is 1.86. The Morgan fingerprint density at radius 2 is 1.58 bits per heavy atom. The number of benzene rings is 1. The number of hydrogen-bond acceptors (Lipinski definition) is 3. The molecule has 3 nitrogen and oxygen atoms in total. The molecular formula is C20H27F3O3. The second-order valence-corrected chi connectivity index (χ2v) is 7.61. The fourth-order valence-corrected chi connectivity index (χ4v) is 3.90. The zero-order valence-electron chi connectivity index (χ0n) is 15.1. The van der Waals surface area contributed by atoms with Gasteiger partial charge in [-0.05, 0) is 48.8 Å². The molecule has 0 amide bonds. The van der Waals surface area contributed by atoms with Gasteiger partial charge < -0.3 is 14.2 Å². The van der Waals surface area contributed by atoms with Crippen LogP contribution in [0.15, 0.2) is 24.3 Å². The first-order chi connectivity index (χ1) is 12.4. The van der Waals surface area contributed by atoms with E-state index in [1.165, 1.54) is 37.8 Å². The smallest absolute Gasteiger partial charge is 0.406 e. The monoisotopic (exact) mass is 372 g/mol. The Hall–Kier alpha value is -1.27. The minimum Gasteiger partial charge on any atom is -0.406 e. The minimum atomic E-state index is -4.65. The molecule has 1 saturated heterocycles. The van der Waals surface area contributed by atoms with E-state index in [2.05, 4.69) is 11.7 Å². The third-order valence-electron chi connectivity index (χ3n) is 5.55. The van der Waals surface area contributed by atoms with Gasteiger partial charge in [-0.3, -0.25) is 0 Å². The molecule has 0 atom stereocenters. The third kappa shape index (κ3) is 5.88. The number of halogens is 3. The van der Waals surface area contributed by atoms with E-state index < -0.39 is 6.36 Å². The maximum absolute atomic E-state index is 12.2. The van der Waals surface area contributed by atoms with Crippen molar-refractivity contribution in [2.24, 2.45) is 17.8 Å². The zero-order valence-corrected chi connectivity index (χ0v) is 15.1. The summed E-state index contributed by atoms with van der Waals surface area (Å²) >= 11 is 0. The summed E-state index contributed by atoms with van der Waals surface area (Å²) in [6.45, 7) is 3.83. The van der Waals surface area contributed by atoms with Gasteiger partial charge >= 0.3 is 6.36 Å². The molecular weight excluding hydrogens is 345 g/mol. The number of hydrogen-bond donors (Lipinski definition) is 0. The van der Waals surface area contributed by atoms with Crippen molar-refractivity contribution in [3.8, 4) is 5.75 Å². The van der Waals surface area contributed by atoms with E-state index in [4.69, 9.17) is 9.47 Å². The van der Waals surface area contributed by atoms with Crippen molar-refractivity contribution in [2.75, 3.05) is 13.2 Å². The van der Waals surface area contributed by atoms with Crippen LogP contribution >= 0.6 is 0 Å². The number of rotatable bonds is 5. The van der Waals surface area contributed by atoms with Crippen LogP contribution in [0.3, 0.4) is 0 Å². The van der Waals surface area contributed by atoms with Gasteiger partial charge in [0.15, 0.2) is 6.29 Å². The van der Waals surface area contributed by atoms with E-state index in [9.17, 15) is 13.2 Å². The highest BCUT2D eigenvalue weighted by Crippen LogP contribution is 2.35. The summed E-state index contributed by atoms with van der Waals surface area (Å²) in [6.07, 6.45) is 1.68. The molecule has 0 unspecified atom stereocenters. The van der Waals surface area contributed by atoms with Gasteiger partial charge in [0.05, 0.1) is 13.2 Å². The van der Waals surface area contributed by atoms with Crippen molar-refractivity contribution in [3.05, 3.63) is 29.8 Å². The van der Waals surface area contributed by atoms with Crippen LogP contribution in [0.4, 0.5) is 13.2 Å². The lowest BCUT2D eigenvalue weighted by molar-refractivity contribution is -0.274. The molecule has 26 heavy (non-hydrogen) atoms. The molecule has 146 valence electrons. The fraction of sp³-hybridized carbons (Fsp3) is 0.700. The number of alkyl halides is 3. The lowest BCUT2D eigenvalue weighted by atomic mass is 9.76. The molecule has 0 bridgehead atoms. The van der Waals surface area contributed by atoms with Gasteiger partial charge in [0.25, 0.3) is 0 Å². The predicted octanol–water partition coefficient (Wildman–Crippen LogP) is 5.33.